The molecule has 1 saturated heterocycles. The van der Waals surface area contributed by atoms with Gasteiger partial charge >= 0.3 is 12.0 Å². The first kappa shape index (κ1) is 17.1. The minimum atomic E-state index is -1.14. The van der Waals surface area contributed by atoms with Crippen LogP contribution in [0, 0.1) is 13.8 Å². The summed E-state index contributed by atoms with van der Waals surface area (Å²) in [6.07, 6.45) is 0.545. The first-order chi connectivity index (χ1) is 10.8. The van der Waals surface area contributed by atoms with Crippen LogP contribution in [0.15, 0.2) is 10.5 Å². The number of ether oxygens (including phenoxy) is 1. The zero-order valence-corrected chi connectivity index (χ0v) is 13.9. The highest BCUT2D eigenvalue weighted by molar-refractivity contribution is 6.07. The molecule has 7 nitrogen and oxygen atoms in total. The molecular formula is C16H22N2O5. The summed E-state index contributed by atoms with van der Waals surface area (Å²) in [7, 11) is 0. The Morgan fingerprint density at radius 2 is 2.09 bits per heavy atom. The topological polar surface area (TPSA) is 88.8 Å². The molecule has 0 saturated carbocycles. The van der Waals surface area contributed by atoms with Crippen molar-refractivity contribution < 1.29 is 23.5 Å². The number of hydrogen-bond donors (Lipinski definition) is 1. The Morgan fingerprint density at radius 3 is 2.65 bits per heavy atom. The van der Waals surface area contributed by atoms with Crippen LogP contribution in [0.4, 0.5) is 4.79 Å². The van der Waals surface area contributed by atoms with E-state index >= 15 is 0 Å². The molecule has 0 aromatic carbocycles. The van der Waals surface area contributed by atoms with E-state index < -0.39 is 11.6 Å². The summed E-state index contributed by atoms with van der Waals surface area (Å²) in [6.45, 7) is 7.44. The van der Waals surface area contributed by atoms with Crippen LogP contribution in [-0.4, -0.2) is 36.0 Å². The van der Waals surface area contributed by atoms with E-state index in [1.165, 1.54) is 0 Å². The molecule has 1 atom stereocenters. The van der Waals surface area contributed by atoms with Gasteiger partial charge in [-0.25, -0.2) is 4.79 Å². The van der Waals surface area contributed by atoms with Gasteiger partial charge in [0.05, 0.1) is 6.61 Å². The Balaban J connectivity index is 2.08. The van der Waals surface area contributed by atoms with Crippen LogP contribution >= 0.6 is 0 Å². The lowest BCUT2D eigenvalue weighted by molar-refractivity contribution is -0.143. The van der Waals surface area contributed by atoms with Crippen molar-refractivity contribution in [3.63, 3.8) is 0 Å². The van der Waals surface area contributed by atoms with Crippen LogP contribution < -0.4 is 5.32 Å². The van der Waals surface area contributed by atoms with E-state index in [0.29, 0.717) is 30.1 Å². The number of rotatable bonds is 6. The monoisotopic (exact) mass is 322 g/mol. The summed E-state index contributed by atoms with van der Waals surface area (Å²) < 4.78 is 10.3. The Bertz CT molecular complexity index is 636. The molecule has 1 unspecified atom stereocenters. The van der Waals surface area contributed by atoms with Gasteiger partial charge in [-0.3, -0.25) is 14.5 Å². The first-order valence-corrected chi connectivity index (χ1v) is 7.66. The zero-order chi connectivity index (χ0) is 17.2. The fourth-order valence-corrected chi connectivity index (χ4v) is 2.82. The van der Waals surface area contributed by atoms with Crippen molar-refractivity contribution in [3.05, 3.63) is 23.2 Å². The third kappa shape index (κ3) is 3.23. The smallest absolute Gasteiger partial charge is 0.325 e. The minimum Gasteiger partial charge on any atom is -0.466 e. The predicted molar refractivity (Wildman–Crippen MR) is 81.6 cm³/mol. The lowest BCUT2D eigenvalue weighted by Crippen LogP contribution is -2.41. The van der Waals surface area contributed by atoms with Gasteiger partial charge in [0.15, 0.2) is 0 Å². The number of nitrogens with zero attached hydrogens (tertiary/aromatic N) is 1. The summed E-state index contributed by atoms with van der Waals surface area (Å²) in [5, 5.41) is 2.73. The first-order valence-electron chi connectivity index (χ1n) is 7.66. The summed E-state index contributed by atoms with van der Waals surface area (Å²) in [5.74, 6) is 0.618. The number of aryl methyl sites for hydroxylation is 2. The van der Waals surface area contributed by atoms with Gasteiger partial charge < -0.3 is 14.5 Å². The Hall–Kier alpha value is -2.31. The fraction of sp³-hybridized carbons (Fsp3) is 0.562. The van der Waals surface area contributed by atoms with E-state index in [9.17, 15) is 14.4 Å². The molecule has 3 amide bonds. The van der Waals surface area contributed by atoms with E-state index in [0.717, 1.165) is 4.90 Å². The van der Waals surface area contributed by atoms with Crippen molar-refractivity contribution in [2.75, 3.05) is 13.2 Å². The molecule has 1 aromatic heterocycles. The molecule has 2 heterocycles. The van der Waals surface area contributed by atoms with E-state index in [2.05, 4.69) is 5.32 Å². The molecule has 2 rings (SSSR count). The molecular weight excluding hydrogens is 300 g/mol. The third-order valence-electron chi connectivity index (χ3n) is 3.92. The number of imide groups is 1. The fourth-order valence-electron chi connectivity index (χ4n) is 2.82. The number of nitrogens with one attached hydrogen (secondary N) is 1. The molecule has 0 aliphatic carbocycles. The lowest BCUT2D eigenvalue weighted by atomic mass is 9.92. The van der Waals surface area contributed by atoms with Gasteiger partial charge in [0.2, 0.25) is 0 Å². The minimum absolute atomic E-state index is 0.172. The maximum Gasteiger partial charge on any atom is 0.325 e. The number of urea groups is 1. The second-order valence-electron chi connectivity index (χ2n) is 5.75. The quantitative estimate of drug-likeness (QED) is 0.639. The van der Waals surface area contributed by atoms with Crippen LogP contribution in [0.1, 0.15) is 43.8 Å². The second-order valence-corrected chi connectivity index (χ2v) is 5.75. The van der Waals surface area contributed by atoms with Crippen LogP contribution in [0.25, 0.3) is 0 Å². The number of furan rings is 1. The second kappa shape index (κ2) is 6.44. The van der Waals surface area contributed by atoms with E-state index in [4.69, 9.17) is 9.15 Å². The Labute approximate surface area is 135 Å². The summed E-state index contributed by atoms with van der Waals surface area (Å²) >= 11 is 0. The van der Waals surface area contributed by atoms with Gasteiger partial charge in [0.1, 0.15) is 17.1 Å². The highest BCUT2D eigenvalue weighted by atomic mass is 16.5. The number of amides is 3. The lowest BCUT2D eigenvalue weighted by Gasteiger charge is -2.21. The van der Waals surface area contributed by atoms with Gasteiger partial charge in [-0.2, -0.15) is 0 Å². The van der Waals surface area contributed by atoms with Gasteiger partial charge in [-0.05, 0) is 40.2 Å². The third-order valence-corrected chi connectivity index (χ3v) is 3.92. The number of esters is 1. The van der Waals surface area contributed by atoms with Crippen molar-refractivity contribution >= 4 is 17.9 Å². The average Bonchev–Trinajstić information content (AvgIpc) is 2.91. The highest BCUT2D eigenvalue weighted by Crippen LogP contribution is 2.32. The van der Waals surface area contributed by atoms with Gasteiger partial charge in [0, 0.05) is 18.5 Å². The normalized spacial score (nSPS) is 20.8. The molecule has 1 aromatic rings. The van der Waals surface area contributed by atoms with E-state index in [1.54, 1.807) is 33.8 Å². The molecule has 1 fully saturated rings. The standard InChI is InChI=1S/C16H22N2O5/c1-5-22-13(19)7-6-8-18-14(20)16(4,17-15(18)21)12-9-10(2)23-11(12)3/h9H,5-8H2,1-4H3,(H,17,21). The van der Waals surface area contributed by atoms with Crippen molar-refractivity contribution in [2.24, 2.45) is 0 Å². The largest absolute Gasteiger partial charge is 0.466 e. The van der Waals surface area contributed by atoms with Crippen molar-refractivity contribution in [2.45, 2.75) is 46.1 Å². The maximum atomic E-state index is 12.7. The predicted octanol–water partition coefficient (Wildman–Crippen LogP) is 2.01. The summed E-state index contributed by atoms with van der Waals surface area (Å²) in [4.78, 5) is 37.3. The molecule has 1 aliphatic heterocycles. The van der Waals surface area contributed by atoms with Crippen LogP contribution in [0.2, 0.25) is 0 Å². The number of carbonyl (C=O) groups is 3. The summed E-state index contributed by atoms with van der Waals surface area (Å²) in [5.41, 5.74) is -0.482. The molecule has 0 bridgehead atoms. The van der Waals surface area contributed by atoms with Crippen LogP contribution in [0.3, 0.4) is 0 Å². The number of hydrogen-bond acceptors (Lipinski definition) is 5. The van der Waals surface area contributed by atoms with Crippen molar-refractivity contribution in [1.29, 1.82) is 0 Å². The van der Waals surface area contributed by atoms with Crippen molar-refractivity contribution in [1.82, 2.24) is 10.2 Å². The molecule has 23 heavy (non-hydrogen) atoms. The number of carbonyl (C=O) groups excluding carboxylic acids is 3. The van der Waals surface area contributed by atoms with Crippen LogP contribution in [0.5, 0.6) is 0 Å². The van der Waals surface area contributed by atoms with E-state index in [1.807, 2.05) is 0 Å². The van der Waals surface area contributed by atoms with Crippen LogP contribution in [-0.2, 0) is 19.9 Å². The van der Waals surface area contributed by atoms with Crippen molar-refractivity contribution in [3.8, 4) is 0 Å². The highest BCUT2D eigenvalue weighted by Gasteiger charge is 2.50. The SMILES string of the molecule is CCOC(=O)CCCN1C(=O)NC(C)(c2cc(C)oc2C)C1=O. The molecule has 1 aliphatic rings. The molecule has 1 N–H and O–H groups in total. The van der Waals surface area contributed by atoms with Gasteiger partial charge in [-0.1, -0.05) is 0 Å². The molecule has 0 radical (unpaired) electrons. The maximum absolute atomic E-state index is 12.7. The summed E-state index contributed by atoms with van der Waals surface area (Å²) in [6, 6.07) is 1.30. The van der Waals surface area contributed by atoms with E-state index in [-0.39, 0.29) is 24.8 Å². The van der Waals surface area contributed by atoms with Gasteiger partial charge in [-0.15, -0.1) is 0 Å². The Morgan fingerprint density at radius 1 is 1.39 bits per heavy atom. The zero-order valence-electron chi connectivity index (χ0n) is 13.9. The van der Waals surface area contributed by atoms with Gasteiger partial charge in [0.25, 0.3) is 5.91 Å². The Kier molecular flexibility index (Phi) is 4.77. The molecule has 126 valence electrons. The molecule has 0 spiro atoms. The average molecular weight is 322 g/mol. The molecule has 7 heteroatoms.